The third-order valence-corrected chi connectivity index (χ3v) is 3.17. The summed E-state index contributed by atoms with van der Waals surface area (Å²) >= 11 is 3.29. The molecule has 2 aromatic rings. The summed E-state index contributed by atoms with van der Waals surface area (Å²) in [5.41, 5.74) is 1.64. The Kier molecular flexibility index (Phi) is 4.74. The second kappa shape index (κ2) is 6.52. The summed E-state index contributed by atoms with van der Waals surface area (Å²) in [5, 5.41) is 0.581. The van der Waals surface area contributed by atoms with Crippen LogP contribution in [0.1, 0.15) is 11.1 Å². The molecule has 0 aliphatic heterocycles. The van der Waals surface area contributed by atoms with E-state index in [9.17, 15) is 4.39 Å². The largest absolute Gasteiger partial charge is 0.489 e. The molecule has 0 N–H and O–H groups in total. The number of pyridine rings is 1. The first kappa shape index (κ1) is 13.8. The van der Waals surface area contributed by atoms with Gasteiger partial charge in [-0.1, -0.05) is 15.9 Å². The van der Waals surface area contributed by atoms with Crippen LogP contribution in [0.15, 0.2) is 36.5 Å². The molecule has 1 aromatic carbocycles. The van der Waals surface area contributed by atoms with Crippen LogP contribution in [0.2, 0.25) is 0 Å². The van der Waals surface area contributed by atoms with Crippen molar-refractivity contribution in [3.63, 3.8) is 0 Å². The average molecular weight is 326 g/mol. The predicted molar refractivity (Wildman–Crippen MR) is 74.2 cm³/mol. The molecule has 0 amide bonds. The summed E-state index contributed by atoms with van der Waals surface area (Å²) in [6.45, 7) is 0.280. The van der Waals surface area contributed by atoms with Gasteiger partial charge in [-0.25, -0.2) is 9.37 Å². The van der Waals surface area contributed by atoms with E-state index in [0.717, 1.165) is 11.1 Å². The number of methoxy groups -OCH3 is 1. The number of nitrogens with zero attached hydrogens (tertiary/aromatic N) is 1. The van der Waals surface area contributed by atoms with Gasteiger partial charge in [0.2, 0.25) is 5.88 Å². The Morgan fingerprint density at radius 3 is 2.89 bits per heavy atom. The van der Waals surface area contributed by atoms with Crippen LogP contribution in [0.5, 0.6) is 11.6 Å². The quantitative estimate of drug-likeness (QED) is 0.785. The molecule has 2 rings (SSSR count). The van der Waals surface area contributed by atoms with E-state index in [1.165, 1.54) is 12.1 Å². The van der Waals surface area contributed by atoms with Crippen LogP contribution in [0.3, 0.4) is 0 Å². The maximum Gasteiger partial charge on any atom is 0.219 e. The molecule has 1 aromatic heterocycles. The molecular formula is C14H13BrFNO2. The number of rotatable bonds is 5. The first-order valence-corrected chi connectivity index (χ1v) is 6.81. The summed E-state index contributed by atoms with van der Waals surface area (Å²) < 4.78 is 24.1. The highest BCUT2D eigenvalue weighted by Gasteiger charge is 2.06. The van der Waals surface area contributed by atoms with E-state index in [1.807, 2.05) is 6.07 Å². The lowest BCUT2D eigenvalue weighted by Gasteiger charge is -2.10. The van der Waals surface area contributed by atoms with Crippen molar-refractivity contribution < 1.29 is 13.9 Å². The highest BCUT2D eigenvalue weighted by atomic mass is 79.9. The van der Waals surface area contributed by atoms with Gasteiger partial charge in [-0.2, -0.15) is 0 Å². The smallest absolute Gasteiger partial charge is 0.219 e. The predicted octanol–water partition coefficient (Wildman–Crippen LogP) is 3.70. The van der Waals surface area contributed by atoms with Crippen LogP contribution in [-0.4, -0.2) is 12.1 Å². The Morgan fingerprint density at radius 2 is 2.16 bits per heavy atom. The number of ether oxygens (including phenoxy) is 2. The lowest BCUT2D eigenvalue weighted by molar-refractivity contribution is 0.292. The molecule has 3 nitrogen and oxygen atoms in total. The number of hydrogen-bond acceptors (Lipinski definition) is 3. The Hall–Kier alpha value is -1.62. The Balaban J connectivity index is 2.12. The van der Waals surface area contributed by atoms with Gasteiger partial charge < -0.3 is 9.47 Å². The van der Waals surface area contributed by atoms with Crippen LogP contribution < -0.4 is 9.47 Å². The van der Waals surface area contributed by atoms with Crippen molar-refractivity contribution in [2.24, 2.45) is 0 Å². The van der Waals surface area contributed by atoms with Crippen molar-refractivity contribution in [1.82, 2.24) is 4.98 Å². The van der Waals surface area contributed by atoms with Crippen LogP contribution in [0.25, 0.3) is 0 Å². The molecule has 0 aliphatic rings. The van der Waals surface area contributed by atoms with Crippen LogP contribution in [0.4, 0.5) is 4.39 Å². The van der Waals surface area contributed by atoms with E-state index in [0.29, 0.717) is 17.0 Å². The molecule has 100 valence electrons. The Labute approximate surface area is 119 Å². The van der Waals surface area contributed by atoms with Gasteiger partial charge in [0.15, 0.2) is 0 Å². The number of halogens is 2. The summed E-state index contributed by atoms with van der Waals surface area (Å²) in [6.07, 6.45) is 1.65. The third kappa shape index (κ3) is 3.67. The molecule has 0 atom stereocenters. The molecular weight excluding hydrogens is 313 g/mol. The number of benzene rings is 1. The second-order valence-corrected chi connectivity index (χ2v) is 4.45. The van der Waals surface area contributed by atoms with Gasteiger partial charge in [0.25, 0.3) is 0 Å². The molecule has 0 saturated carbocycles. The minimum atomic E-state index is -0.315. The molecule has 0 aliphatic carbocycles. The van der Waals surface area contributed by atoms with E-state index in [2.05, 4.69) is 20.9 Å². The highest BCUT2D eigenvalue weighted by Crippen LogP contribution is 2.21. The van der Waals surface area contributed by atoms with Gasteiger partial charge in [0.05, 0.1) is 12.7 Å². The van der Waals surface area contributed by atoms with Gasteiger partial charge >= 0.3 is 0 Å². The lowest BCUT2D eigenvalue weighted by Crippen LogP contribution is -2.00. The fourth-order valence-electron chi connectivity index (χ4n) is 1.66. The fourth-order valence-corrected chi connectivity index (χ4v) is 1.98. The first-order chi connectivity index (χ1) is 9.22. The number of aromatic nitrogens is 1. The van der Waals surface area contributed by atoms with Crippen molar-refractivity contribution in [3.05, 3.63) is 53.5 Å². The van der Waals surface area contributed by atoms with E-state index >= 15 is 0 Å². The van der Waals surface area contributed by atoms with Crippen molar-refractivity contribution in [1.29, 1.82) is 0 Å². The topological polar surface area (TPSA) is 31.4 Å². The van der Waals surface area contributed by atoms with Crippen LogP contribution >= 0.6 is 15.9 Å². The molecule has 0 spiro atoms. The molecule has 5 heteroatoms. The lowest BCUT2D eigenvalue weighted by atomic mass is 10.2. The molecule has 1 heterocycles. The fraction of sp³-hybridized carbons (Fsp3) is 0.214. The second-order valence-electron chi connectivity index (χ2n) is 3.89. The maximum atomic E-state index is 13.3. The number of hydrogen-bond donors (Lipinski definition) is 0. The zero-order valence-corrected chi connectivity index (χ0v) is 12.0. The normalized spacial score (nSPS) is 10.3. The summed E-state index contributed by atoms with van der Waals surface area (Å²) in [6, 6.07) is 8.27. The minimum absolute atomic E-state index is 0.280. The Morgan fingerprint density at radius 1 is 1.32 bits per heavy atom. The summed E-state index contributed by atoms with van der Waals surface area (Å²) in [5.74, 6) is 0.685. The SMILES string of the molecule is COc1ncccc1COc1cc(F)cc(CBr)c1. The van der Waals surface area contributed by atoms with Crippen molar-refractivity contribution in [2.45, 2.75) is 11.9 Å². The van der Waals surface area contributed by atoms with Gasteiger partial charge in [-0.05, 0) is 29.8 Å². The van der Waals surface area contributed by atoms with E-state index < -0.39 is 0 Å². The van der Waals surface area contributed by atoms with Crippen molar-refractivity contribution >= 4 is 15.9 Å². The first-order valence-electron chi connectivity index (χ1n) is 5.69. The molecule has 0 fully saturated rings. The molecule has 0 radical (unpaired) electrons. The molecule has 0 saturated heterocycles. The van der Waals surface area contributed by atoms with E-state index in [4.69, 9.17) is 9.47 Å². The van der Waals surface area contributed by atoms with Crippen LogP contribution in [-0.2, 0) is 11.9 Å². The summed E-state index contributed by atoms with van der Waals surface area (Å²) in [4.78, 5) is 4.08. The maximum absolute atomic E-state index is 13.3. The van der Waals surface area contributed by atoms with Gasteiger partial charge in [0.1, 0.15) is 18.2 Å². The zero-order chi connectivity index (χ0) is 13.7. The summed E-state index contributed by atoms with van der Waals surface area (Å²) in [7, 11) is 1.55. The molecule has 0 unspecified atom stereocenters. The molecule has 19 heavy (non-hydrogen) atoms. The van der Waals surface area contributed by atoms with Gasteiger partial charge in [0, 0.05) is 17.6 Å². The minimum Gasteiger partial charge on any atom is -0.489 e. The molecule has 0 bridgehead atoms. The third-order valence-electron chi connectivity index (χ3n) is 2.52. The van der Waals surface area contributed by atoms with E-state index in [1.54, 1.807) is 25.4 Å². The Bertz CT molecular complexity index is 563. The van der Waals surface area contributed by atoms with Crippen molar-refractivity contribution in [2.75, 3.05) is 7.11 Å². The highest BCUT2D eigenvalue weighted by molar-refractivity contribution is 9.08. The van der Waals surface area contributed by atoms with Gasteiger partial charge in [-0.3, -0.25) is 0 Å². The standard InChI is InChI=1S/C14H13BrFNO2/c1-18-14-11(3-2-4-17-14)9-19-13-6-10(8-15)5-12(16)7-13/h2-7H,8-9H2,1H3. The van der Waals surface area contributed by atoms with Crippen LogP contribution in [0, 0.1) is 5.82 Å². The van der Waals surface area contributed by atoms with E-state index in [-0.39, 0.29) is 12.4 Å². The monoisotopic (exact) mass is 325 g/mol. The average Bonchev–Trinajstić information content (AvgIpc) is 2.44. The van der Waals surface area contributed by atoms with Crippen molar-refractivity contribution in [3.8, 4) is 11.6 Å². The zero-order valence-electron chi connectivity index (χ0n) is 10.4. The number of alkyl halides is 1. The van der Waals surface area contributed by atoms with Gasteiger partial charge in [-0.15, -0.1) is 0 Å².